The van der Waals surface area contributed by atoms with Gasteiger partial charge in [-0.2, -0.15) is 0 Å². The Morgan fingerprint density at radius 3 is 3.06 bits per heavy atom. The van der Waals surface area contributed by atoms with E-state index in [1.165, 1.54) is 0 Å². The molecule has 2 rings (SSSR count). The lowest BCUT2D eigenvalue weighted by atomic mass is 10.2. The zero-order valence-electron chi connectivity index (χ0n) is 8.90. The topological polar surface area (TPSA) is 58.2 Å². The van der Waals surface area contributed by atoms with Crippen LogP contribution < -0.4 is 10.6 Å². The van der Waals surface area contributed by atoms with Gasteiger partial charge in [-0.3, -0.25) is 9.59 Å². The maximum Gasteiger partial charge on any atom is 0.279 e. The van der Waals surface area contributed by atoms with Crippen molar-refractivity contribution < 1.29 is 9.59 Å². The summed E-state index contributed by atoms with van der Waals surface area (Å²) in [6.07, 6.45) is 0. The molecular formula is C11H11BrN2O2S. The molecule has 90 valence electrons. The number of hydrogen-bond donors (Lipinski definition) is 2. The number of amides is 2. The average molecular weight is 315 g/mol. The van der Waals surface area contributed by atoms with Gasteiger partial charge in [0.1, 0.15) is 6.04 Å². The number of carbonyl (C=O) groups excluding carboxylic acids is 2. The zero-order chi connectivity index (χ0) is 12.3. The third-order valence-electron chi connectivity index (χ3n) is 2.35. The summed E-state index contributed by atoms with van der Waals surface area (Å²) in [7, 11) is 0. The van der Waals surface area contributed by atoms with E-state index in [2.05, 4.69) is 26.6 Å². The van der Waals surface area contributed by atoms with Crippen molar-refractivity contribution in [3.63, 3.8) is 0 Å². The maximum atomic E-state index is 11.7. The van der Waals surface area contributed by atoms with Crippen LogP contribution in [0.4, 0.5) is 4.79 Å². The molecule has 17 heavy (non-hydrogen) atoms. The van der Waals surface area contributed by atoms with Gasteiger partial charge in [0.05, 0.1) is 0 Å². The van der Waals surface area contributed by atoms with Crippen molar-refractivity contribution in [3.05, 3.63) is 34.3 Å². The number of nitrogens with one attached hydrogen (secondary N) is 2. The van der Waals surface area contributed by atoms with E-state index in [4.69, 9.17) is 0 Å². The van der Waals surface area contributed by atoms with Crippen molar-refractivity contribution in [1.29, 1.82) is 0 Å². The zero-order valence-corrected chi connectivity index (χ0v) is 11.3. The van der Waals surface area contributed by atoms with Gasteiger partial charge in [-0.15, -0.1) is 0 Å². The molecule has 1 aromatic rings. The van der Waals surface area contributed by atoms with Gasteiger partial charge in [-0.25, -0.2) is 0 Å². The standard InChI is InChI=1S/C11H11BrN2O2S/c12-8-3-1-2-7(4-8)5-13-10(15)9-6-17-11(16)14-9/h1-4,9H,5-6H2,(H,13,15)(H,14,16). The number of halogens is 1. The summed E-state index contributed by atoms with van der Waals surface area (Å²) in [5.74, 6) is 0.367. The molecule has 0 saturated carbocycles. The molecular weight excluding hydrogens is 304 g/mol. The van der Waals surface area contributed by atoms with Gasteiger partial charge in [0.25, 0.3) is 5.24 Å². The highest BCUT2D eigenvalue weighted by Crippen LogP contribution is 2.14. The van der Waals surface area contributed by atoms with Crippen LogP contribution in [0.1, 0.15) is 5.56 Å². The fourth-order valence-corrected chi connectivity index (χ4v) is 2.71. The van der Waals surface area contributed by atoms with Crippen molar-refractivity contribution in [2.45, 2.75) is 12.6 Å². The quantitative estimate of drug-likeness (QED) is 0.895. The first-order chi connectivity index (χ1) is 8.15. The van der Waals surface area contributed by atoms with Crippen LogP contribution in [0.5, 0.6) is 0 Å². The minimum atomic E-state index is -0.403. The van der Waals surface area contributed by atoms with Crippen LogP contribution in [-0.2, 0) is 11.3 Å². The molecule has 2 N–H and O–H groups in total. The van der Waals surface area contributed by atoms with Gasteiger partial charge in [-0.1, -0.05) is 39.8 Å². The molecule has 1 unspecified atom stereocenters. The second-order valence-electron chi connectivity index (χ2n) is 3.64. The van der Waals surface area contributed by atoms with Crippen molar-refractivity contribution in [2.75, 3.05) is 5.75 Å². The third-order valence-corrected chi connectivity index (χ3v) is 3.72. The molecule has 1 heterocycles. The first-order valence-electron chi connectivity index (χ1n) is 5.10. The molecule has 2 amide bonds. The van der Waals surface area contributed by atoms with E-state index in [-0.39, 0.29) is 11.1 Å². The lowest BCUT2D eigenvalue weighted by Gasteiger charge is -2.10. The van der Waals surface area contributed by atoms with Gasteiger partial charge in [0.15, 0.2) is 0 Å². The van der Waals surface area contributed by atoms with Crippen LogP contribution in [0.2, 0.25) is 0 Å². The van der Waals surface area contributed by atoms with Crippen LogP contribution in [0.25, 0.3) is 0 Å². The van der Waals surface area contributed by atoms with Gasteiger partial charge in [-0.05, 0) is 17.7 Å². The Morgan fingerprint density at radius 1 is 1.59 bits per heavy atom. The largest absolute Gasteiger partial charge is 0.350 e. The number of rotatable bonds is 3. The Balaban J connectivity index is 1.86. The molecule has 1 aromatic carbocycles. The second kappa shape index (κ2) is 5.55. The van der Waals surface area contributed by atoms with Gasteiger partial charge in [0.2, 0.25) is 5.91 Å². The lowest BCUT2D eigenvalue weighted by Crippen LogP contribution is -2.42. The van der Waals surface area contributed by atoms with Crippen LogP contribution in [-0.4, -0.2) is 22.9 Å². The third kappa shape index (κ3) is 3.47. The fourth-order valence-electron chi connectivity index (χ4n) is 1.49. The first-order valence-corrected chi connectivity index (χ1v) is 6.88. The predicted octanol–water partition coefficient (Wildman–Crippen LogP) is 1.89. The molecule has 1 saturated heterocycles. The van der Waals surface area contributed by atoms with E-state index in [1.807, 2.05) is 24.3 Å². The summed E-state index contributed by atoms with van der Waals surface area (Å²) in [6.45, 7) is 0.468. The van der Waals surface area contributed by atoms with Crippen LogP contribution in [0, 0.1) is 0 Å². The summed E-state index contributed by atoms with van der Waals surface area (Å²) in [6, 6.07) is 7.33. The summed E-state index contributed by atoms with van der Waals surface area (Å²) >= 11 is 4.51. The molecule has 1 fully saturated rings. The molecule has 0 bridgehead atoms. The summed E-state index contributed by atoms with van der Waals surface area (Å²) in [5.41, 5.74) is 1.02. The Labute approximate surface area is 112 Å². The van der Waals surface area contributed by atoms with E-state index < -0.39 is 6.04 Å². The van der Waals surface area contributed by atoms with Crippen molar-refractivity contribution in [3.8, 4) is 0 Å². The highest BCUT2D eigenvalue weighted by molar-refractivity contribution is 9.10. The smallest absolute Gasteiger partial charge is 0.279 e. The number of thioether (sulfide) groups is 1. The van der Waals surface area contributed by atoms with Crippen LogP contribution in [0.3, 0.4) is 0 Å². The van der Waals surface area contributed by atoms with Gasteiger partial charge < -0.3 is 10.6 Å². The number of carbonyl (C=O) groups is 2. The minimum absolute atomic E-state index is 0.132. The Morgan fingerprint density at radius 2 is 2.41 bits per heavy atom. The van der Waals surface area contributed by atoms with E-state index in [0.29, 0.717) is 12.3 Å². The van der Waals surface area contributed by atoms with Gasteiger partial charge >= 0.3 is 0 Å². The molecule has 0 aliphatic carbocycles. The summed E-state index contributed by atoms with van der Waals surface area (Å²) in [4.78, 5) is 22.6. The van der Waals surface area contributed by atoms with Crippen molar-refractivity contribution in [1.82, 2.24) is 10.6 Å². The molecule has 4 nitrogen and oxygen atoms in total. The first kappa shape index (κ1) is 12.4. The lowest BCUT2D eigenvalue weighted by molar-refractivity contribution is -0.122. The maximum absolute atomic E-state index is 11.7. The van der Waals surface area contributed by atoms with E-state index in [9.17, 15) is 9.59 Å². The van der Waals surface area contributed by atoms with E-state index in [0.717, 1.165) is 21.8 Å². The number of hydrogen-bond acceptors (Lipinski definition) is 3. The predicted molar refractivity (Wildman–Crippen MR) is 70.8 cm³/mol. The number of benzene rings is 1. The Kier molecular flexibility index (Phi) is 4.06. The Bertz CT molecular complexity index is 453. The summed E-state index contributed by atoms with van der Waals surface area (Å²) < 4.78 is 0.981. The Hall–Kier alpha value is -1.01. The normalized spacial score (nSPS) is 18.9. The average Bonchev–Trinajstić information content (AvgIpc) is 2.73. The van der Waals surface area contributed by atoms with E-state index in [1.54, 1.807) is 0 Å². The van der Waals surface area contributed by atoms with Gasteiger partial charge in [0, 0.05) is 16.8 Å². The highest BCUT2D eigenvalue weighted by atomic mass is 79.9. The van der Waals surface area contributed by atoms with Crippen LogP contribution in [0.15, 0.2) is 28.7 Å². The molecule has 1 aliphatic rings. The highest BCUT2D eigenvalue weighted by Gasteiger charge is 2.27. The van der Waals surface area contributed by atoms with Crippen molar-refractivity contribution in [2.24, 2.45) is 0 Å². The molecule has 0 aromatic heterocycles. The molecule has 6 heteroatoms. The SMILES string of the molecule is O=C1NC(C(=O)NCc2cccc(Br)c2)CS1. The molecule has 0 spiro atoms. The fraction of sp³-hybridized carbons (Fsp3) is 0.273. The summed E-state index contributed by atoms with van der Waals surface area (Å²) in [5, 5.41) is 5.27. The molecule has 0 radical (unpaired) electrons. The monoisotopic (exact) mass is 314 g/mol. The van der Waals surface area contributed by atoms with Crippen molar-refractivity contribution >= 4 is 38.8 Å². The minimum Gasteiger partial charge on any atom is -0.350 e. The molecule has 1 atom stereocenters. The van der Waals surface area contributed by atoms with Crippen LogP contribution >= 0.6 is 27.7 Å². The molecule has 1 aliphatic heterocycles. The second-order valence-corrected chi connectivity index (χ2v) is 5.55. The van der Waals surface area contributed by atoms with E-state index >= 15 is 0 Å².